The van der Waals surface area contributed by atoms with Gasteiger partial charge in [0.2, 0.25) is 5.69 Å². The molecule has 3 fully saturated rings. The molecule has 35 heavy (non-hydrogen) atoms. The predicted molar refractivity (Wildman–Crippen MR) is 133 cm³/mol. The SMILES string of the molecule is CCOc1cc(N)c(C=NC2CCC(O)(C3CC3)CC2)cc1NC(=O)c1cccc(C2CC2)[n+]1O. The fourth-order valence-electron chi connectivity index (χ4n) is 5.13. The Morgan fingerprint density at radius 2 is 1.97 bits per heavy atom. The molecule has 0 radical (unpaired) electrons. The number of aliphatic imine (C=N–C) groups is 1. The lowest BCUT2D eigenvalue weighted by atomic mass is 9.79. The van der Waals surface area contributed by atoms with Crippen LogP contribution in [0.15, 0.2) is 35.3 Å². The minimum absolute atomic E-state index is 0.150. The number of nitrogens with two attached hydrogens (primary N) is 1. The molecule has 2 aromatic rings. The van der Waals surface area contributed by atoms with Crippen molar-refractivity contribution >= 4 is 23.5 Å². The second-order valence-electron chi connectivity index (χ2n) is 10.2. The number of carbonyl (C=O) groups excluding carboxylic acids is 1. The highest BCUT2D eigenvalue weighted by Gasteiger charge is 2.45. The molecular formula is C27H35N4O4+. The molecule has 1 aromatic heterocycles. The van der Waals surface area contributed by atoms with Gasteiger partial charge in [-0.15, -0.1) is 0 Å². The van der Waals surface area contributed by atoms with Crippen LogP contribution in [0, 0.1) is 5.92 Å². The standard InChI is InChI=1S/C27H34N4O4/c1-2-35-25-15-21(28)18(16-29-20-10-12-27(33,13-11-20)19-8-9-19)14-22(25)30-26(32)24-5-3-4-23(31(24)34)17-6-7-17/h3-5,14-17,19-20,28,32-34H,2,6-13H2,1H3/p+1. The smallest absolute Gasteiger partial charge is 0.325 e. The van der Waals surface area contributed by atoms with Crippen LogP contribution in [0.4, 0.5) is 11.4 Å². The topological polar surface area (TPSA) is 121 Å². The monoisotopic (exact) mass is 479 g/mol. The summed E-state index contributed by atoms with van der Waals surface area (Å²) in [4.78, 5) is 17.8. The number of rotatable bonds is 8. The Morgan fingerprint density at radius 3 is 2.63 bits per heavy atom. The first kappa shape index (κ1) is 23.6. The van der Waals surface area contributed by atoms with Gasteiger partial charge in [-0.05, 0) is 76.3 Å². The van der Waals surface area contributed by atoms with E-state index in [4.69, 9.17) is 15.5 Å². The zero-order valence-corrected chi connectivity index (χ0v) is 20.2. The van der Waals surface area contributed by atoms with Crippen molar-refractivity contribution in [3.63, 3.8) is 0 Å². The number of nitrogens with zero attached hydrogens (tertiary/aromatic N) is 2. The maximum atomic E-state index is 13.1. The summed E-state index contributed by atoms with van der Waals surface area (Å²) in [6.07, 6.45) is 9.37. The number of aliphatic hydroxyl groups is 1. The Kier molecular flexibility index (Phi) is 6.40. The van der Waals surface area contributed by atoms with Crippen molar-refractivity contribution in [3.05, 3.63) is 47.3 Å². The first-order valence-corrected chi connectivity index (χ1v) is 12.8. The summed E-state index contributed by atoms with van der Waals surface area (Å²) in [7, 11) is 0. The summed E-state index contributed by atoms with van der Waals surface area (Å²) in [5.74, 6) is 0.801. The maximum Gasteiger partial charge on any atom is 0.325 e. The predicted octanol–water partition coefficient (Wildman–Crippen LogP) is 3.82. The Balaban J connectivity index is 1.33. The van der Waals surface area contributed by atoms with E-state index in [9.17, 15) is 15.1 Å². The summed E-state index contributed by atoms with van der Waals surface area (Å²) < 4.78 is 6.71. The third-order valence-electron chi connectivity index (χ3n) is 7.54. The Labute approximate surface area is 205 Å². The van der Waals surface area contributed by atoms with Crippen LogP contribution < -0.4 is 20.5 Å². The van der Waals surface area contributed by atoms with Crippen molar-refractivity contribution in [2.24, 2.45) is 10.9 Å². The van der Waals surface area contributed by atoms with Crippen LogP contribution in [-0.2, 0) is 0 Å². The highest BCUT2D eigenvalue weighted by molar-refractivity contribution is 6.04. The van der Waals surface area contributed by atoms with Gasteiger partial charge in [-0.25, -0.2) is 0 Å². The van der Waals surface area contributed by atoms with Crippen molar-refractivity contribution in [3.8, 4) is 5.75 Å². The van der Waals surface area contributed by atoms with Crippen molar-refractivity contribution in [2.45, 2.75) is 75.9 Å². The fourth-order valence-corrected chi connectivity index (χ4v) is 5.13. The average molecular weight is 480 g/mol. The molecule has 0 spiro atoms. The summed E-state index contributed by atoms with van der Waals surface area (Å²) in [6.45, 7) is 2.28. The number of anilines is 2. The highest BCUT2D eigenvalue weighted by atomic mass is 16.5. The number of nitrogens with one attached hydrogen (secondary N) is 1. The number of benzene rings is 1. The molecule has 0 unspecified atom stereocenters. The van der Waals surface area contributed by atoms with Gasteiger partial charge in [0.1, 0.15) is 5.75 Å². The largest absolute Gasteiger partial charge is 0.492 e. The molecule has 0 aliphatic heterocycles. The molecule has 1 heterocycles. The number of carbonyl (C=O) groups is 1. The van der Waals surface area contributed by atoms with Gasteiger partial charge in [-0.2, -0.15) is 0 Å². The number of aromatic nitrogens is 1. The Hall–Kier alpha value is -3.13. The lowest BCUT2D eigenvalue weighted by Gasteiger charge is -2.35. The zero-order chi connectivity index (χ0) is 24.6. The van der Waals surface area contributed by atoms with Crippen molar-refractivity contribution < 1.29 is 24.6 Å². The molecule has 3 aliphatic rings. The molecule has 1 aromatic carbocycles. The van der Waals surface area contributed by atoms with E-state index in [1.807, 2.05) is 13.0 Å². The quantitative estimate of drug-likeness (QED) is 0.198. The minimum atomic E-state index is -0.498. The lowest BCUT2D eigenvalue weighted by molar-refractivity contribution is -0.910. The van der Waals surface area contributed by atoms with Gasteiger partial charge in [-0.3, -0.25) is 15.0 Å². The molecule has 8 heteroatoms. The zero-order valence-electron chi connectivity index (χ0n) is 20.2. The van der Waals surface area contributed by atoms with E-state index < -0.39 is 11.5 Å². The van der Waals surface area contributed by atoms with Crippen molar-refractivity contribution in [2.75, 3.05) is 17.7 Å². The molecule has 5 rings (SSSR count). The van der Waals surface area contributed by atoms with Crippen LogP contribution in [0.1, 0.15) is 86.0 Å². The molecule has 3 saturated carbocycles. The Bertz CT molecular complexity index is 1130. The van der Waals surface area contributed by atoms with E-state index in [2.05, 4.69) is 5.32 Å². The molecule has 0 saturated heterocycles. The number of hydrogen-bond acceptors (Lipinski definition) is 6. The van der Waals surface area contributed by atoms with E-state index in [0.717, 1.165) is 61.8 Å². The molecule has 5 N–H and O–H groups in total. The van der Waals surface area contributed by atoms with E-state index in [1.165, 1.54) is 0 Å². The van der Waals surface area contributed by atoms with Crippen LogP contribution in [0.25, 0.3) is 0 Å². The van der Waals surface area contributed by atoms with Crippen LogP contribution in [0.2, 0.25) is 0 Å². The van der Waals surface area contributed by atoms with Gasteiger partial charge in [0.25, 0.3) is 0 Å². The third-order valence-corrected chi connectivity index (χ3v) is 7.54. The van der Waals surface area contributed by atoms with Crippen LogP contribution in [0.3, 0.4) is 0 Å². The van der Waals surface area contributed by atoms with E-state index in [0.29, 0.717) is 41.1 Å². The summed E-state index contributed by atoms with van der Waals surface area (Å²) in [5.41, 5.74) is 8.36. The fraction of sp³-hybridized carbons (Fsp3) is 0.519. The lowest BCUT2D eigenvalue weighted by Crippen LogP contribution is -2.43. The van der Waals surface area contributed by atoms with Crippen LogP contribution in [-0.4, -0.2) is 40.7 Å². The minimum Gasteiger partial charge on any atom is -0.492 e. The molecular weight excluding hydrogens is 444 g/mol. The molecule has 0 atom stereocenters. The maximum absolute atomic E-state index is 13.1. The van der Waals surface area contributed by atoms with Crippen molar-refractivity contribution in [1.82, 2.24) is 0 Å². The van der Waals surface area contributed by atoms with Crippen molar-refractivity contribution in [1.29, 1.82) is 0 Å². The van der Waals surface area contributed by atoms with E-state index in [1.54, 1.807) is 30.5 Å². The Morgan fingerprint density at radius 1 is 1.23 bits per heavy atom. The van der Waals surface area contributed by atoms with Gasteiger partial charge in [0, 0.05) is 46.3 Å². The second-order valence-corrected chi connectivity index (χ2v) is 10.2. The molecule has 186 valence electrons. The normalized spacial score (nSPS) is 24.5. The second kappa shape index (κ2) is 9.49. The van der Waals surface area contributed by atoms with Gasteiger partial charge in [0.05, 0.1) is 23.9 Å². The summed E-state index contributed by atoms with van der Waals surface area (Å²) >= 11 is 0. The van der Waals surface area contributed by atoms with Gasteiger partial charge in [0.15, 0.2) is 0 Å². The summed E-state index contributed by atoms with van der Waals surface area (Å²) in [6, 6.07) is 8.82. The number of nitrogen functional groups attached to an aromatic ring is 1. The summed E-state index contributed by atoms with van der Waals surface area (Å²) in [5, 5.41) is 24.2. The molecule has 8 nitrogen and oxygen atoms in total. The first-order valence-electron chi connectivity index (χ1n) is 12.8. The molecule has 0 bridgehead atoms. The third kappa shape index (κ3) is 5.12. The first-order chi connectivity index (χ1) is 16.9. The number of pyridine rings is 1. The number of amides is 1. The van der Waals surface area contributed by atoms with E-state index in [-0.39, 0.29) is 11.7 Å². The van der Waals surface area contributed by atoms with Gasteiger partial charge < -0.3 is 20.9 Å². The average Bonchev–Trinajstić information content (AvgIpc) is 3.74. The molecule has 1 amide bonds. The number of ether oxygens (including phenoxy) is 1. The van der Waals surface area contributed by atoms with Crippen LogP contribution in [0.5, 0.6) is 5.75 Å². The number of hydrogen-bond donors (Lipinski definition) is 4. The van der Waals surface area contributed by atoms with E-state index >= 15 is 0 Å². The van der Waals surface area contributed by atoms with Gasteiger partial charge >= 0.3 is 11.6 Å². The van der Waals surface area contributed by atoms with Gasteiger partial charge in [-0.1, -0.05) is 0 Å². The molecule has 3 aliphatic carbocycles. The van der Waals surface area contributed by atoms with Crippen LogP contribution >= 0.6 is 0 Å². The highest BCUT2D eigenvalue weighted by Crippen LogP contribution is 2.47.